The molecule has 0 saturated heterocycles. The summed E-state index contributed by atoms with van der Waals surface area (Å²) < 4.78 is 78.4. The van der Waals surface area contributed by atoms with Crippen LogP contribution in [0.1, 0.15) is 18.1 Å². The second-order valence-electron chi connectivity index (χ2n) is 8.33. The summed E-state index contributed by atoms with van der Waals surface area (Å²) in [5, 5.41) is 6.82. The Bertz CT molecular complexity index is 1530. The average Bonchev–Trinajstić information content (AvgIpc) is 2.87. The number of benzene rings is 2. The van der Waals surface area contributed by atoms with Crippen LogP contribution >= 0.6 is 12.4 Å². The molecular weight excluding hydrogens is 578 g/mol. The van der Waals surface area contributed by atoms with E-state index >= 15 is 0 Å². The summed E-state index contributed by atoms with van der Waals surface area (Å²) >= 11 is 0. The molecule has 3 amide bonds. The number of carbonyl (C=O) groups is 2. The Kier molecular flexibility index (Phi) is 9.17. The van der Waals surface area contributed by atoms with E-state index in [2.05, 4.69) is 25.6 Å². The van der Waals surface area contributed by atoms with Crippen LogP contribution in [0.4, 0.5) is 48.5 Å². The average molecular weight is 597 g/mol. The van der Waals surface area contributed by atoms with Gasteiger partial charge in [-0.1, -0.05) is 12.1 Å². The van der Waals surface area contributed by atoms with Gasteiger partial charge in [-0.15, -0.1) is 12.4 Å². The number of urea groups is 1. The summed E-state index contributed by atoms with van der Waals surface area (Å²) in [7, 11) is 0. The van der Waals surface area contributed by atoms with Crippen LogP contribution < -0.4 is 16.0 Å². The first-order chi connectivity index (χ1) is 18.8. The van der Waals surface area contributed by atoms with Gasteiger partial charge in [0.05, 0.1) is 22.5 Å². The van der Waals surface area contributed by atoms with E-state index in [0.29, 0.717) is 34.8 Å². The van der Waals surface area contributed by atoms with E-state index in [1.165, 1.54) is 25.4 Å². The lowest BCUT2D eigenvalue weighted by atomic mass is 10.1. The fraction of sp³-hybridized carbons (Fsp3) is 0.115. The molecule has 3 N–H and O–H groups in total. The van der Waals surface area contributed by atoms with Gasteiger partial charge in [-0.2, -0.15) is 26.3 Å². The molecular formula is C26H19ClF6N6O2. The number of nitrogens with one attached hydrogen (secondary N) is 3. The van der Waals surface area contributed by atoms with Gasteiger partial charge in [0.2, 0.25) is 11.9 Å². The number of alkyl halides is 6. The van der Waals surface area contributed by atoms with Crippen molar-refractivity contribution in [2.24, 2.45) is 0 Å². The maximum absolute atomic E-state index is 13.1. The van der Waals surface area contributed by atoms with Gasteiger partial charge in [0.15, 0.2) is 0 Å². The quantitative estimate of drug-likeness (QED) is 0.210. The van der Waals surface area contributed by atoms with E-state index in [1.807, 2.05) is 5.32 Å². The fourth-order valence-corrected chi connectivity index (χ4v) is 3.55. The number of pyridine rings is 1. The van der Waals surface area contributed by atoms with Crippen LogP contribution in [0.25, 0.3) is 22.5 Å². The molecule has 0 atom stereocenters. The maximum Gasteiger partial charge on any atom is 0.416 e. The Balaban J connectivity index is 0.00000462. The predicted octanol–water partition coefficient (Wildman–Crippen LogP) is 7.27. The van der Waals surface area contributed by atoms with E-state index < -0.39 is 35.2 Å². The number of nitrogens with zero attached hydrogens (tertiary/aromatic N) is 3. The molecule has 4 rings (SSSR count). The lowest BCUT2D eigenvalue weighted by Crippen LogP contribution is -2.22. The number of hydrogen-bond donors (Lipinski definition) is 3. The highest BCUT2D eigenvalue weighted by Gasteiger charge is 2.37. The van der Waals surface area contributed by atoms with Crippen LogP contribution in [0.5, 0.6) is 0 Å². The molecule has 0 spiro atoms. The molecule has 0 fully saturated rings. The summed E-state index contributed by atoms with van der Waals surface area (Å²) in [6.45, 7) is 1.39. The summed E-state index contributed by atoms with van der Waals surface area (Å²) in [6.07, 6.45) is -7.32. The third-order valence-electron chi connectivity index (χ3n) is 5.26. The molecule has 0 radical (unpaired) electrons. The summed E-state index contributed by atoms with van der Waals surface area (Å²) in [5.74, 6) is -0.478. The van der Waals surface area contributed by atoms with Crippen LogP contribution in [0.3, 0.4) is 0 Å². The summed E-state index contributed by atoms with van der Waals surface area (Å²) in [4.78, 5) is 36.0. The van der Waals surface area contributed by atoms with Crippen LogP contribution in [0.15, 0.2) is 73.1 Å². The van der Waals surface area contributed by atoms with Gasteiger partial charge >= 0.3 is 18.4 Å². The predicted molar refractivity (Wildman–Crippen MR) is 141 cm³/mol. The number of aromatic nitrogens is 3. The SMILES string of the molecule is CC(=O)Nc1cccc(-c2ccc(-c3ccnc(NC(=O)Nc4cc(C(F)(F)F)cc(C(F)(F)F)c4)n3)cn2)c1.Cl. The van der Waals surface area contributed by atoms with Gasteiger partial charge in [-0.25, -0.2) is 14.8 Å². The van der Waals surface area contributed by atoms with Gasteiger partial charge in [0.1, 0.15) is 0 Å². The first kappa shape index (κ1) is 30.8. The minimum Gasteiger partial charge on any atom is -0.326 e. The van der Waals surface area contributed by atoms with Crippen molar-refractivity contribution in [1.29, 1.82) is 0 Å². The second kappa shape index (κ2) is 12.2. The van der Waals surface area contributed by atoms with Gasteiger partial charge in [-0.05, 0) is 48.5 Å². The van der Waals surface area contributed by atoms with Gasteiger partial charge < -0.3 is 10.6 Å². The smallest absolute Gasteiger partial charge is 0.326 e. The number of carbonyl (C=O) groups excluding carboxylic acids is 2. The summed E-state index contributed by atoms with van der Waals surface area (Å²) in [5.41, 5.74) is -1.08. The van der Waals surface area contributed by atoms with E-state index in [4.69, 9.17) is 0 Å². The number of hydrogen-bond acceptors (Lipinski definition) is 5. The Labute approximate surface area is 234 Å². The largest absolute Gasteiger partial charge is 0.416 e. The third-order valence-corrected chi connectivity index (χ3v) is 5.26. The minimum atomic E-state index is -5.07. The molecule has 214 valence electrons. The Morgan fingerprint density at radius 1 is 0.707 bits per heavy atom. The lowest BCUT2D eigenvalue weighted by Gasteiger charge is -2.15. The zero-order chi connectivity index (χ0) is 29.1. The molecule has 0 aliphatic carbocycles. The zero-order valence-electron chi connectivity index (χ0n) is 20.8. The Hall–Kier alpha value is -4.72. The summed E-state index contributed by atoms with van der Waals surface area (Å²) in [6, 6.07) is 11.5. The first-order valence-corrected chi connectivity index (χ1v) is 11.3. The number of amides is 3. The molecule has 0 aliphatic heterocycles. The van der Waals surface area contributed by atoms with Crippen LogP contribution in [0.2, 0.25) is 0 Å². The normalized spacial score (nSPS) is 11.3. The van der Waals surface area contributed by atoms with E-state index in [9.17, 15) is 35.9 Å². The highest BCUT2D eigenvalue weighted by Crippen LogP contribution is 2.37. The van der Waals surface area contributed by atoms with E-state index in [-0.39, 0.29) is 30.3 Å². The molecule has 8 nitrogen and oxygen atoms in total. The maximum atomic E-state index is 13.1. The van der Waals surface area contributed by atoms with Gasteiger partial charge in [0.25, 0.3) is 0 Å². The van der Waals surface area contributed by atoms with Gasteiger partial charge in [0, 0.05) is 41.8 Å². The zero-order valence-corrected chi connectivity index (χ0v) is 21.6. The van der Waals surface area contributed by atoms with Crippen molar-refractivity contribution >= 4 is 41.7 Å². The molecule has 2 aromatic heterocycles. The standard InChI is InChI=1S/C26H18F6N6O2.ClH/c1-14(39)35-19-4-2-3-15(9-19)21-6-5-16(13-34-21)22-7-8-33-23(37-22)38-24(40)36-20-11-17(25(27,28)29)10-18(12-20)26(30,31)32;/h2-13H,1H3,(H,35,39)(H2,33,36,37,38,40);1H. The molecule has 0 saturated carbocycles. The van der Waals surface area contributed by atoms with Crippen LogP contribution in [0, 0.1) is 0 Å². The van der Waals surface area contributed by atoms with Gasteiger partial charge in [-0.3, -0.25) is 15.1 Å². The lowest BCUT2D eigenvalue weighted by molar-refractivity contribution is -0.143. The molecule has 15 heteroatoms. The first-order valence-electron chi connectivity index (χ1n) is 11.3. The van der Waals surface area contributed by atoms with Crippen molar-refractivity contribution in [3.8, 4) is 22.5 Å². The molecule has 0 aliphatic rings. The minimum absolute atomic E-state index is 0. The molecule has 0 unspecified atom stereocenters. The number of anilines is 3. The van der Waals surface area contributed by atoms with Crippen molar-refractivity contribution < 1.29 is 35.9 Å². The monoisotopic (exact) mass is 596 g/mol. The van der Waals surface area contributed by atoms with Crippen molar-refractivity contribution in [3.05, 3.63) is 84.2 Å². The fourth-order valence-electron chi connectivity index (χ4n) is 3.55. The highest BCUT2D eigenvalue weighted by atomic mass is 35.5. The second-order valence-corrected chi connectivity index (χ2v) is 8.33. The topological polar surface area (TPSA) is 109 Å². The van der Waals surface area contributed by atoms with Crippen molar-refractivity contribution in [2.45, 2.75) is 19.3 Å². The van der Waals surface area contributed by atoms with Crippen molar-refractivity contribution in [3.63, 3.8) is 0 Å². The van der Waals surface area contributed by atoms with Crippen molar-refractivity contribution in [1.82, 2.24) is 15.0 Å². The molecule has 41 heavy (non-hydrogen) atoms. The number of halogens is 7. The van der Waals surface area contributed by atoms with E-state index in [0.717, 1.165) is 5.56 Å². The molecule has 2 aromatic carbocycles. The molecule has 2 heterocycles. The van der Waals surface area contributed by atoms with Crippen molar-refractivity contribution in [2.75, 3.05) is 16.0 Å². The third kappa shape index (κ3) is 8.14. The van der Waals surface area contributed by atoms with E-state index in [1.54, 1.807) is 36.4 Å². The molecule has 4 aromatic rings. The molecule has 0 bridgehead atoms. The Morgan fingerprint density at radius 2 is 1.39 bits per heavy atom. The Morgan fingerprint density at radius 3 is 1.98 bits per heavy atom. The highest BCUT2D eigenvalue weighted by molar-refractivity contribution is 5.99. The van der Waals surface area contributed by atoms with Crippen LogP contribution in [-0.4, -0.2) is 26.9 Å². The van der Waals surface area contributed by atoms with Crippen LogP contribution in [-0.2, 0) is 17.1 Å². The number of rotatable bonds is 5.